The highest BCUT2D eigenvalue weighted by Gasteiger charge is 2.27. The summed E-state index contributed by atoms with van der Waals surface area (Å²) in [6, 6.07) is 20.9. The second-order valence-electron chi connectivity index (χ2n) is 7.98. The first-order chi connectivity index (χ1) is 16.7. The lowest BCUT2D eigenvalue weighted by Crippen LogP contribution is -2.51. The Balaban J connectivity index is 1.30. The van der Waals surface area contributed by atoms with Gasteiger partial charge in [-0.15, -0.1) is 0 Å². The van der Waals surface area contributed by atoms with Crippen LogP contribution in [0, 0.1) is 0 Å². The molecule has 1 saturated heterocycles. The van der Waals surface area contributed by atoms with Crippen molar-refractivity contribution >= 4 is 23.2 Å². The van der Waals surface area contributed by atoms with Gasteiger partial charge in [0.15, 0.2) is 17.2 Å². The number of carbonyl (C=O) groups is 1. The van der Waals surface area contributed by atoms with Crippen LogP contribution in [0.1, 0.15) is 5.56 Å². The van der Waals surface area contributed by atoms with Crippen LogP contribution in [-0.2, 0) is 0 Å². The Hall–Kier alpha value is -4.20. The first-order valence-corrected chi connectivity index (χ1v) is 11.1. The molecule has 1 fully saturated rings. The van der Waals surface area contributed by atoms with Crippen LogP contribution in [-0.4, -0.2) is 62.1 Å². The minimum atomic E-state index is -0.149. The van der Waals surface area contributed by atoms with Gasteiger partial charge in [-0.3, -0.25) is 0 Å². The summed E-state index contributed by atoms with van der Waals surface area (Å²) < 4.78 is 16.7. The lowest BCUT2D eigenvalue weighted by molar-refractivity contribution is 0.181. The number of benzene rings is 3. The fourth-order valence-corrected chi connectivity index (χ4v) is 4.15. The molecule has 2 aliphatic heterocycles. The highest BCUT2D eigenvalue weighted by atomic mass is 16.5. The minimum absolute atomic E-state index is 0.149. The van der Waals surface area contributed by atoms with E-state index in [0.29, 0.717) is 43.4 Å². The molecule has 0 bridgehead atoms. The number of hydrogen-bond donors (Lipinski definition) is 1. The lowest BCUT2D eigenvalue weighted by atomic mass is 10.1. The summed E-state index contributed by atoms with van der Waals surface area (Å²) in [4.78, 5) is 21.9. The number of ether oxygens (including phenoxy) is 3. The van der Waals surface area contributed by atoms with Crippen molar-refractivity contribution in [2.24, 2.45) is 4.99 Å². The molecule has 8 nitrogen and oxygen atoms in total. The zero-order valence-electron chi connectivity index (χ0n) is 19.2. The van der Waals surface area contributed by atoms with Crippen molar-refractivity contribution in [3.05, 3.63) is 72.3 Å². The van der Waals surface area contributed by atoms with Crippen molar-refractivity contribution in [2.75, 3.05) is 45.7 Å². The number of urea groups is 1. The van der Waals surface area contributed by atoms with Crippen LogP contribution in [0.15, 0.2) is 71.7 Å². The van der Waals surface area contributed by atoms with E-state index in [9.17, 15) is 4.79 Å². The molecule has 1 N–H and O–H groups in total. The Morgan fingerprint density at radius 1 is 0.882 bits per heavy atom. The summed E-state index contributed by atoms with van der Waals surface area (Å²) in [5, 5.41) is 2.95. The van der Waals surface area contributed by atoms with Crippen molar-refractivity contribution < 1.29 is 19.0 Å². The molecule has 2 heterocycles. The van der Waals surface area contributed by atoms with Crippen LogP contribution in [0.25, 0.3) is 0 Å². The second kappa shape index (κ2) is 9.35. The predicted molar refractivity (Wildman–Crippen MR) is 131 cm³/mol. The number of methoxy groups -OCH3 is 2. The number of piperazine rings is 1. The Bertz CT molecular complexity index is 1230. The number of hydrogen-bond acceptors (Lipinski definition) is 6. The zero-order valence-corrected chi connectivity index (χ0v) is 19.2. The molecular formula is C26H26N4O4. The van der Waals surface area contributed by atoms with E-state index >= 15 is 0 Å². The number of carbonyl (C=O) groups excluding carboxylic acids is 1. The molecule has 0 aromatic heterocycles. The number of para-hydroxylation sites is 3. The summed E-state index contributed by atoms with van der Waals surface area (Å²) in [7, 11) is 3.15. The topological polar surface area (TPSA) is 75.6 Å². The Morgan fingerprint density at radius 2 is 1.59 bits per heavy atom. The lowest BCUT2D eigenvalue weighted by Gasteiger charge is -2.36. The van der Waals surface area contributed by atoms with E-state index in [0.717, 1.165) is 28.6 Å². The number of rotatable bonds is 3. The molecule has 0 aliphatic carbocycles. The summed E-state index contributed by atoms with van der Waals surface area (Å²) >= 11 is 0. The van der Waals surface area contributed by atoms with Gasteiger partial charge in [-0.05, 0) is 36.4 Å². The van der Waals surface area contributed by atoms with Gasteiger partial charge in [0.2, 0.25) is 0 Å². The van der Waals surface area contributed by atoms with Crippen LogP contribution in [0.3, 0.4) is 0 Å². The van der Waals surface area contributed by atoms with Gasteiger partial charge in [0.05, 0.1) is 19.8 Å². The fraction of sp³-hybridized carbons (Fsp3) is 0.231. The van der Waals surface area contributed by atoms with Gasteiger partial charge in [0.1, 0.15) is 17.3 Å². The monoisotopic (exact) mass is 458 g/mol. The van der Waals surface area contributed by atoms with Gasteiger partial charge in [0.25, 0.3) is 0 Å². The molecule has 3 aromatic rings. The highest BCUT2D eigenvalue weighted by Crippen LogP contribution is 2.38. The smallest absolute Gasteiger partial charge is 0.321 e. The van der Waals surface area contributed by atoms with E-state index in [1.54, 1.807) is 37.3 Å². The van der Waals surface area contributed by atoms with Gasteiger partial charge < -0.3 is 29.3 Å². The number of nitrogens with zero attached hydrogens (tertiary/aromatic N) is 3. The molecular weight excluding hydrogens is 432 g/mol. The van der Waals surface area contributed by atoms with Crippen LogP contribution < -0.4 is 19.5 Å². The van der Waals surface area contributed by atoms with E-state index in [1.165, 1.54) is 0 Å². The third kappa shape index (κ3) is 4.22. The number of amidine groups is 1. The number of anilines is 1. The molecule has 2 amide bonds. The SMILES string of the molecule is COc1ccc(NC(=O)N2CCN(C3=Nc4ccccc4Oc4ccccc43)CC2)cc1OC. The van der Waals surface area contributed by atoms with E-state index in [-0.39, 0.29) is 6.03 Å². The molecule has 0 atom stereocenters. The van der Waals surface area contributed by atoms with Gasteiger partial charge >= 0.3 is 6.03 Å². The molecule has 2 aliphatic rings. The maximum absolute atomic E-state index is 12.9. The van der Waals surface area contributed by atoms with Crippen LogP contribution in [0.5, 0.6) is 23.0 Å². The van der Waals surface area contributed by atoms with Crippen molar-refractivity contribution in [2.45, 2.75) is 0 Å². The number of fused-ring (bicyclic) bond motifs is 2. The minimum Gasteiger partial charge on any atom is -0.493 e. The molecule has 8 heteroatoms. The van der Waals surface area contributed by atoms with Crippen LogP contribution in [0.2, 0.25) is 0 Å². The average Bonchev–Trinajstić information content (AvgIpc) is 3.05. The number of nitrogens with one attached hydrogen (secondary N) is 1. The normalized spacial score (nSPS) is 14.7. The molecule has 0 radical (unpaired) electrons. The van der Waals surface area contributed by atoms with E-state index in [4.69, 9.17) is 19.2 Å². The quantitative estimate of drug-likeness (QED) is 0.614. The van der Waals surface area contributed by atoms with Gasteiger partial charge in [-0.2, -0.15) is 0 Å². The second-order valence-corrected chi connectivity index (χ2v) is 7.98. The molecule has 3 aromatic carbocycles. The zero-order chi connectivity index (χ0) is 23.5. The summed E-state index contributed by atoms with van der Waals surface area (Å²) in [5.74, 6) is 3.56. The van der Waals surface area contributed by atoms with Gasteiger partial charge in [-0.25, -0.2) is 9.79 Å². The maximum Gasteiger partial charge on any atom is 0.321 e. The maximum atomic E-state index is 12.9. The Kier molecular flexibility index (Phi) is 5.95. The van der Waals surface area contributed by atoms with Crippen LogP contribution in [0.4, 0.5) is 16.2 Å². The Morgan fingerprint density at radius 3 is 2.35 bits per heavy atom. The molecule has 34 heavy (non-hydrogen) atoms. The summed E-state index contributed by atoms with van der Waals surface area (Å²) in [6.07, 6.45) is 0. The van der Waals surface area contributed by atoms with E-state index < -0.39 is 0 Å². The van der Waals surface area contributed by atoms with Gasteiger partial charge in [0, 0.05) is 37.9 Å². The molecule has 0 unspecified atom stereocenters. The molecule has 0 spiro atoms. The fourth-order valence-electron chi connectivity index (χ4n) is 4.15. The van der Waals surface area contributed by atoms with Crippen molar-refractivity contribution in [1.29, 1.82) is 0 Å². The van der Waals surface area contributed by atoms with E-state index in [2.05, 4.69) is 10.2 Å². The standard InChI is InChI=1S/C26H26N4O4/c1-32-23-12-11-18(17-24(23)33-2)27-26(31)30-15-13-29(14-16-30)25-19-7-3-5-9-21(19)34-22-10-6-4-8-20(22)28-25/h3-12,17H,13-16H2,1-2H3,(H,27,31). The number of amides is 2. The first-order valence-electron chi connectivity index (χ1n) is 11.1. The highest BCUT2D eigenvalue weighted by molar-refractivity contribution is 6.04. The third-order valence-electron chi connectivity index (χ3n) is 5.94. The Labute approximate surface area is 198 Å². The first kappa shape index (κ1) is 21.6. The van der Waals surface area contributed by atoms with Crippen molar-refractivity contribution in [1.82, 2.24) is 9.80 Å². The average molecular weight is 459 g/mol. The van der Waals surface area contributed by atoms with Crippen molar-refractivity contribution in [3.8, 4) is 23.0 Å². The number of aliphatic imine (C=N–C) groups is 1. The molecule has 0 saturated carbocycles. The van der Waals surface area contributed by atoms with Crippen LogP contribution >= 0.6 is 0 Å². The predicted octanol–water partition coefficient (Wildman–Crippen LogP) is 4.74. The largest absolute Gasteiger partial charge is 0.493 e. The molecule has 5 rings (SSSR count). The van der Waals surface area contributed by atoms with Gasteiger partial charge in [-0.1, -0.05) is 24.3 Å². The molecule has 174 valence electrons. The summed E-state index contributed by atoms with van der Waals surface area (Å²) in [6.45, 7) is 2.47. The summed E-state index contributed by atoms with van der Waals surface area (Å²) in [5.41, 5.74) is 2.39. The van der Waals surface area contributed by atoms with Crippen molar-refractivity contribution in [3.63, 3.8) is 0 Å². The van der Waals surface area contributed by atoms with E-state index in [1.807, 2.05) is 48.5 Å². The third-order valence-corrected chi connectivity index (χ3v) is 5.94.